The molecule has 0 radical (unpaired) electrons. The lowest BCUT2D eigenvalue weighted by atomic mass is 10.0. The van der Waals surface area contributed by atoms with Crippen molar-refractivity contribution in [2.75, 3.05) is 5.32 Å². The Kier molecular flexibility index (Phi) is 4.86. The second-order valence-electron chi connectivity index (χ2n) is 6.47. The average Bonchev–Trinajstić information content (AvgIpc) is 3.34. The molecule has 152 valence electrons. The summed E-state index contributed by atoms with van der Waals surface area (Å²) >= 11 is 0. The molecule has 9 heteroatoms. The Morgan fingerprint density at radius 3 is 2.57 bits per heavy atom. The van der Waals surface area contributed by atoms with Gasteiger partial charge in [0.2, 0.25) is 0 Å². The first-order chi connectivity index (χ1) is 14.3. The van der Waals surface area contributed by atoms with Gasteiger partial charge in [-0.1, -0.05) is 41.6 Å². The van der Waals surface area contributed by atoms with Crippen molar-refractivity contribution in [2.45, 2.75) is 13.1 Å². The van der Waals surface area contributed by atoms with Gasteiger partial charge in [0.1, 0.15) is 11.5 Å². The van der Waals surface area contributed by atoms with Gasteiger partial charge >= 0.3 is 12.2 Å². The van der Waals surface area contributed by atoms with Gasteiger partial charge in [0.05, 0.1) is 23.0 Å². The van der Waals surface area contributed by atoms with Crippen LogP contribution in [0.4, 0.5) is 23.7 Å². The lowest BCUT2D eigenvalue weighted by Crippen LogP contribution is -2.22. The van der Waals surface area contributed by atoms with Gasteiger partial charge in [-0.25, -0.2) is 4.79 Å². The van der Waals surface area contributed by atoms with E-state index in [4.69, 9.17) is 4.52 Å². The minimum Gasteiger partial charge on any atom is -0.360 e. The number of nitrogens with zero attached hydrogens (tertiary/aromatic N) is 3. The number of alkyl halides is 3. The van der Waals surface area contributed by atoms with Gasteiger partial charge in [0.15, 0.2) is 0 Å². The number of hydrogen-bond acceptors (Lipinski definition) is 4. The van der Waals surface area contributed by atoms with Crippen molar-refractivity contribution >= 4 is 11.7 Å². The molecule has 0 bridgehead atoms. The van der Waals surface area contributed by atoms with E-state index in [0.29, 0.717) is 22.7 Å². The van der Waals surface area contributed by atoms with E-state index in [2.05, 4.69) is 15.6 Å². The number of aryl methyl sites for hydroxylation is 1. The molecular formula is C21H15F3N4O2. The SMILES string of the molecule is Cc1onc(-c2ccccc2)c1-c1ccnn1C(=O)Nc1cccc(C(F)(F)F)c1. The maximum absolute atomic E-state index is 12.9. The highest BCUT2D eigenvalue weighted by atomic mass is 19.4. The number of anilines is 1. The molecule has 2 aromatic carbocycles. The second-order valence-corrected chi connectivity index (χ2v) is 6.47. The van der Waals surface area contributed by atoms with Crippen LogP contribution in [-0.2, 0) is 6.18 Å². The number of benzene rings is 2. The van der Waals surface area contributed by atoms with Crippen molar-refractivity contribution in [3.05, 3.63) is 78.2 Å². The highest BCUT2D eigenvalue weighted by Crippen LogP contribution is 2.34. The number of carbonyl (C=O) groups is 1. The fourth-order valence-corrected chi connectivity index (χ4v) is 3.07. The standard InChI is InChI=1S/C21H15F3N4O2/c1-13-18(19(27-30-13)14-6-3-2-4-7-14)17-10-11-25-28(17)20(29)26-16-9-5-8-15(12-16)21(22,23)24/h2-12H,1H3,(H,26,29). The van der Waals surface area contributed by atoms with Crippen molar-refractivity contribution in [2.24, 2.45) is 0 Å². The largest absolute Gasteiger partial charge is 0.416 e. The number of halogens is 3. The maximum Gasteiger partial charge on any atom is 0.416 e. The average molecular weight is 412 g/mol. The summed E-state index contributed by atoms with van der Waals surface area (Å²) in [5.74, 6) is 0.475. The van der Waals surface area contributed by atoms with Gasteiger partial charge in [0.25, 0.3) is 0 Å². The molecule has 1 amide bonds. The van der Waals surface area contributed by atoms with Crippen molar-refractivity contribution in [3.8, 4) is 22.5 Å². The highest BCUT2D eigenvalue weighted by molar-refractivity contribution is 5.94. The maximum atomic E-state index is 12.9. The third-order valence-electron chi connectivity index (χ3n) is 4.44. The zero-order valence-corrected chi connectivity index (χ0v) is 15.6. The minimum absolute atomic E-state index is 0.00148. The summed E-state index contributed by atoms with van der Waals surface area (Å²) in [4.78, 5) is 12.8. The first kappa shape index (κ1) is 19.4. The first-order valence-corrected chi connectivity index (χ1v) is 8.89. The number of nitrogens with one attached hydrogen (secondary N) is 1. The first-order valence-electron chi connectivity index (χ1n) is 8.89. The molecule has 4 aromatic rings. The fourth-order valence-electron chi connectivity index (χ4n) is 3.07. The zero-order valence-electron chi connectivity index (χ0n) is 15.6. The molecular weight excluding hydrogens is 397 g/mol. The highest BCUT2D eigenvalue weighted by Gasteiger charge is 2.30. The Bertz CT molecular complexity index is 1200. The normalized spacial score (nSPS) is 11.5. The van der Waals surface area contributed by atoms with Crippen LogP contribution in [0.25, 0.3) is 22.5 Å². The molecule has 2 aromatic heterocycles. The zero-order chi connectivity index (χ0) is 21.3. The Morgan fingerprint density at radius 1 is 1.07 bits per heavy atom. The number of hydrogen-bond donors (Lipinski definition) is 1. The van der Waals surface area contributed by atoms with E-state index in [1.165, 1.54) is 18.3 Å². The summed E-state index contributed by atoms with van der Waals surface area (Å²) in [7, 11) is 0. The fraction of sp³-hybridized carbons (Fsp3) is 0.0952. The van der Waals surface area contributed by atoms with Crippen LogP contribution in [-0.4, -0.2) is 21.0 Å². The van der Waals surface area contributed by atoms with Crippen molar-refractivity contribution in [1.82, 2.24) is 14.9 Å². The quantitative estimate of drug-likeness (QED) is 0.475. The van der Waals surface area contributed by atoms with Crippen molar-refractivity contribution in [1.29, 1.82) is 0 Å². The van der Waals surface area contributed by atoms with Crippen LogP contribution < -0.4 is 5.32 Å². The Labute approximate surface area is 168 Å². The third-order valence-corrected chi connectivity index (χ3v) is 4.44. The van der Waals surface area contributed by atoms with Gasteiger partial charge < -0.3 is 9.84 Å². The lowest BCUT2D eigenvalue weighted by Gasteiger charge is -2.11. The van der Waals surface area contributed by atoms with Crippen molar-refractivity contribution < 1.29 is 22.5 Å². The molecule has 6 nitrogen and oxygen atoms in total. The van der Waals surface area contributed by atoms with Gasteiger partial charge in [-0.15, -0.1) is 0 Å². The molecule has 2 heterocycles. The van der Waals surface area contributed by atoms with Crippen molar-refractivity contribution in [3.63, 3.8) is 0 Å². The Hall–Kier alpha value is -3.88. The lowest BCUT2D eigenvalue weighted by molar-refractivity contribution is -0.137. The molecule has 0 unspecified atom stereocenters. The van der Waals surface area contributed by atoms with Crippen LogP contribution in [0.1, 0.15) is 11.3 Å². The van der Waals surface area contributed by atoms with E-state index in [9.17, 15) is 18.0 Å². The van der Waals surface area contributed by atoms with Gasteiger partial charge in [-0.2, -0.15) is 23.0 Å². The smallest absolute Gasteiger partial charge is 0.360 e. The molecule has 0 atom stereocenters. The predicted molar refractivity (Wildman–Crippen MR) is 104 cm³/mol. The summed E-state index contributed by atoms with van der Waals surface area (Å²) in [6.07, 6.45) is -3.09. The summed E-state index contributed by atoms with van der Waals surface area (Å²) in [5, 5.41) is 10.6. The molecule has 0 spiro atoms. The van der Waals surface area contributed by atoms with Crippen LogP contribution >= 0.6 is 0 Å². The second kappa shape index (κ2) is 7.51. The van der Waals surface area contributed by atoms with E-state index < -0.39 is 17.8 Å². The van der Waals surface area contributed by atoms with Crippen LogP contribution in [0.3, 0.4) is 0 Å². The topological polar surface area (TPSA) is 73.0 Å². The molecule has 30 heavy (non-hydrogen) atoms. The number of aromatic nitrogens is 3. The number of rotatable bonds is 3. The Balaban J connectivity index is 1.69. The van der Waals surface area contributed by atoms with Gasteiger partial charge in [0, 0.05) is 11.3 Å². The molecule has 0 aliphatic heterocycles. The van der Waals surface area contributed by atoms with E-state index in [-0.39, 0.29) is 5.69 Å². The number of amides is 1. The van der Waals surface area contributed by atoms with Crippen LogP contribution in [0.5, 0.6) is 0 Å². The minimum atomic E-state index is -4.51. The molecule has 0 aliphatic carbocycles. The molecule has 4 rings (SSSR count). The predicted octanol–water partition coefficient (Wildman–Crippen LogP) is 5.61. The monoisotopic (exact) mass is 412 g/mol. The summed E-state index contributed by atoms with van der Waals surface area (Å²) < 4.78 is 45.2. The summed E-state index contributed by atoms with van der Waals surface area (Å²) in [6.45, 7) is 1.71. The number of carbonyl (C=O) groups excluding carboxylic acids is 1. The molecule has 0 saturated heterocycles. The Morgan fingerprint density at radius 2 is 1.83 bits per heavy atom. The van der Waals surface area contributed by atoms with Gasteiger partial charge in [-0.05, 0) is 31.2 Å². The molecule has 0 fully saturated rings. The van der Waals surface area contributed by atoms with Crippen LogP contribution in [0, 0.1) is 6.92 Å². The molecule has 0 aliphatic rings. The van der Waals surface area contributed by atoms with E-state index in [0.717, 1.165) is 22.4 Å². The van der Waals surface area contributed by atoms with Crippen LogP contribution in [0.2, 0.25) is 0 Å². The van der Waals surface area contributed by atoms with Gasteiger partial charge in [-0.3, -0.25) is 0 Å². The summed E-state index contributed by atoms with van der Waals surface area (Å²) in [6, 6.07) is 14.5. The third kappa shape index (κ3) is 3.69. The molecule has 0 saturated carbocycles. The van der Waals surface area contributed by atoms with E-state index in [1.807, 2.05) is 30.3 Å². The van der Waals surface area contributed by atoms with Crippen LogP contribution in [0.15, 0.2) is 71.4 Å². The summed E-state index contributed by atoms with van der Waals surface area (Å²) in [5.41, 5.74) is 1.43. The van der Waals surface area contributed by atoms with E-state index in [1.54, 1.807) is 13.0 Å². The molecule has 1 N–H and O–H groups in total. The van der Waals surface area contributed by atoms with E-state index >= 15 is 0 Å².